The van der Waals surface area contributed by atoms with E-state index in [1.54, 1.807) is 32.2 Å². The number of rotatable bonds is 11. The van der Waals surface area contributed by atoms with Crippen LogP contribution in [0.4, 0.5) is 0 Å². The zero-order chi connectivity index (χ0) is 26.2. The molecule has 0 radical (unpaired) electrons. The maximum atomic E-state index is 13.1. The van der Waals surface area contributed by atoms with Gasteiger partial charge >= 0.3 is 5.97 Å². The number of benzene rings is 2. The summed E-state index contributed by atoms with van der Waals surface area (Å²) in [5, 5.41) is 6.50. The number of hydrogen-bond donors (Lipinski definition) is 3. The Hall–Kier alpha value is -4.27. The first-order valence-corrected chi connectivity index (χ1v) is 12.3. The van der Waals surface area contributed by atoms with Crippen molar-refractivity contribution in [3.63, 3.8) is 0 Å². The molecule has 37 heavy (non-hydrogen) atoms. The number of fused-ring (bicyclic) bond motifs is 1. The van der Waals surface area contributed by atoms with E-state index in [9.17, 15) is 14.4 Å². The highest BCUT2D eigenvalue weighted by atomic mass is 16.5. The number of nitrogens with one attached hydrogen (secondary N) is 3. The number of carbonyl (C=O) groups excluding carboxylic acids is 3. The molecule has 1 saturated heterocycles. The van der Waals surface area contributed by atoms with Crippen LogP contribution in [0.1, 0.15) is 35.8 Å². The normalized spacial score (nSPS) is 15.9. The van der Waals surface area contributed by atoms with E-state index in [1.165, 1.54) is 6.08 Å². The lowest BCUT2D eigenvalue weighted by Gasteiger charge is -2.17. The molecule has 4 rings (SSSR count). The molecule has 0 unspecified atom stereocenters. The van der Waals surface area contributed by atoms with Gasteiger partial charge in [-0.1, -0.05) is 36.4 Å². The smallest absolute Gasteiger partial charge is 0.330 e. The molecule has 1 aromatic heterocycles. The summed E-state index contributed by atoms with van der Waals surface area (Å²) in [5.41, 5.74) is 2.07. The van der Waals surface area contributed by atoms with E-state index in [4.69, 9.17) is 14.2 Å². The summed E-state index contributed by atoms with van der Waals surface area (Å²) in [5.74, 6) is -0.0535. The van der Waals surface area contributed by atoms with Crippen LogP contribution in [0.2, 0.25) is 0 Å². The molecule has 0 spiro atoms. The van der Waals surface area contributed by atoms with Crippen LogP contribution < -0.4 is 20.1 Å². The number of ether oxygens (including phenoxy) is 3. The molecule has 194 valence electrons. The molecule has 2 amide bonds. The Morgan fingerprint density at radius 3 is 2.68 bits per heavy atom. The Kier molecular flexibility index (Phi) is 8.45. The van der Waals surface area contributed by atoms with Gasteiger partial charge in [0.05, 0.1) is 13.7 Å². The minimum Gasteiger partial charge on any atom is -0.493 e. The molecule has 1 aliphatic heterocycles. The fourth-order valence-electron chi connectivity index (χ4n) is 4.26. The van der Waals surface area contributed by atoms with Gasteiger partial charge in [-0.3, -0.25) is 9.59 Å². The zero-order valence-corrected chi connectivity index (χ0v) is 20.9. The number of H-pyrrole nitrogens is 1. The van der Waals surface area contributed by atoms with Crippen LogP contribution in [-0.4, -0.2) is 49.1 Å². The van der Waals surface area contributed by atoms with Crippen molar-refractivity contribution in [2.24, 2.45) is 5.92 Å². The van der Waals surface area contributed by atoms with Gasteiger partial charge in [-0.15, -0.1) is 0 Å². The minimum atomic E-state index is -0.531. The maximum absolute atomic E-state index is 13.1. The second kappa shape index (κ2) is 12.1. The second-order valence-electron chi connectivity index (χ2n) is 8.75. The summed E-state index contributed by atoms with van der Waals surface area (Å²) in [7, 11) is 1.57. The van der Waals surface area contributed by atoms with Crippen molar-refractivity contribution >= 4 is 28.7 Å². The van der Waals surface area contributed by atoms with Crippen LogP contribution in [-0.2, 0) is 20.9 Å². The molecule has 2 heterocycles. The monoisotopic (exact) mass is 505 g/mol. The Bertz CT molecular complexity index is 1280. The van der Waals surface area contributed by atoms with Crippen molar-refractivity contribution in [3.05, 3.63) is 71.9 Å². The first kappa shape index (κ1) is 25.8. The van der Waals surface area contributed by atoms with Crippen molar-refractivity contribution in [2.75, 3.05) is 20.3 Å². The van der Waals surface area contributed by atoms with Gasteiger partial charge in [0.2, 0.25) is 5.91 Å². The highest BCUT2D eigenvalue weighted by Crippen LogP contribution is 2.33. The number of methoxy groups -OCH3 is 1. The summed E-state index contributed by atoms with van der Waals surface area (Å²) in [4.78, 5) is 40.2. The standard InChI is InChI=1S/C28H31N3O6/c1-3-36-26(32)10-9-21(13-19-11-12-29-27(19)33)30-28(34)23-14-20-15-24(35-2)25(16-22(20)31-23)37-17-18-7-5-4-6-8-18/h4-10,14-16,19,21,31H,3,11-13,17H2,1-2H3,(H,29,33)(H,30,34)/t19-,21+/m0/s1. The Balaban J connectivity index is 1.51. The van der Waals surface area contributed by atoms with Gasteiger partial charge in [-0.25, -0.2) is 4.79 Å². The molecular formula is C28H31N3O6. The lowest BCUT2D eigenvalue weighted by Crippen LogP contribution is -2.36. The summed E-state index contributed by atoms with van der Waals surface area (Å²) in [6.07, 6.45) is 3.91. The van der Waals surface area contributed by atoms with Gasteiger partial charge in [0.15, 0.2) is 11.5 Å². The van der Waals surface area contributed by atoms with E-state index < -0.39 is 12.0 Å². The van der Waals surface area contributed by atoms with E-state index in [-0.39, 0.29) is 24.3 Å². The predicted octanol–water partition coefficient (Wildman–Crippen LogP) is 3.50. The molecule has 9 heteroatoms. The first-order valence-electron chi connectivity index (χ1n) is 12.3. The minimum absolute atomic E-state index is 0.0514. The average Bonchev–Trinajstić information content (AvgIpc) is 3.51. The van der Waals surface area contributed by atoms with Crippen molar-refractivity contribution in [1.82, 2.24) is 15.6 Å². The number of hydrogen-bond acceptors (Lipinski definition) is 6. The van der Waals surface area contributed by atoms with Crippen LogP contribution in [0.25, 0.3) is 10.9 Å². The zero-order valence-electron chi connectivity index (χ0n) is 20.9. The van der Waals surface area contributed by atoms with Crippen molar-refractivity contribution in [2.45, 2.75) is 32.4 Å². The molecule has 0 saturated carbocycles. The van der Waals surface area contributed by atoms with Crippen molar-refractivity contribution in [1.29, 1.82) is 0 Å². The van der Waals surface area contributed by atoms with E-state index in [1.807, 2.05) is 36.4 Å². The van der Waals surface area contributed by atoms with E-state index in [2.05, 4.69) is 15.6 Å². The van der Waals surface area contributed by atoms with Gasteiger partial charge in [0.1, 0.15) is 12.3 Å². The van der Waals surface area contributed by atoms with Gasteiger partial charge < -0.3 is 29.8 Å². The molecule has 3 N–H and O–H groups in total. The predicted molar refractivity (Wildman–Crippen MR) is 138 cm³/mol. The lowest BCUT2D eigenvalue weighted by atomic mass is 9.98. The molecule has 1 aliphatic rings. The van der Waals surface area contributed by atoms with E-state index >= 15 is 0 Å². The summed E-state index contributed by atoms with van der Waals surface area (Å²) in [6, 6.07) is 14.6. The highest BCUT2D eigenvalue weighted by Gasteiger charge is 2.27. The Morgan fingerprint density at radius 1 is 1.16 bits per heavy atom. The third-order valence-electron chi connectivity index (χ3n) is 6.16. The van der Waals surface area contributed by atoms with Crippen LogP contribution in [0.15, 0.2) is 60.7 Å². The third kappa shape index (κ3) is 6.69. The quantitative estimate of drug-likeness (QED) is 0.271. The third-order valence-corrected chi connectivity index (χ3v) is 6.16. The van der Waals surface area contributed by atoms with E-state index in [0.29, 0.717) is 48.7 Å². The molecule has 2 atom stereocenters. The van der Waals surface area contributed by atoms with Crippen LogP contribution >= 0.6 is 0 Å². The fraction of sp³-hybridized carbons (Fsp3) is 0.321. The molecular weight excluding hydrogens is 474 g/mol. The Labute approximate surface area is 215 Å². The van der Waals surface area contributed by atoms with E-state index in [0.717, 1.165) is 10.9 Å². The SMILES string of the molecule is CCOC(=O)C=C[C@H](C[C@@H]1CCNC1=O)NC(=O)c1cc2cc(OC)c(OCc3ccccc3)cc2[nH]1. The van der Waals surface area contributed by atoms with Gasteiger partial charge in [-0.2, -0.15) is 0 Å². The fourth-order valence-corrected chi connectivity index (χ4v) is 4.26. The van der Waals surface area contributed by atoms with Crippen molar-refractivity contribution in [3.8, 4) is 11.5 Å². The molecule has 0 bridgehead atoms. The second-order valence-corrected chi connectivity index (χ2v) is 8.75. The van der Waals surface area contributed by atoms with Crippen LogP contribution in [0.5, 0.6) is 11.5 Å². The van der Waals surface area contributed by atoms with Crippen molar-refractivity contribution < 1.29 is 28.6 Å². The lowest BCUT2D eigenvalue weighted by molar-refractivity contribution is -0.137. The van der Waals surface area contributed by atoms with Gasteiger partial charge in [0, 0.05) is 41.5 Å². The number of esters is 1. The van der Waals surface area contributed by atoms with Gasteiger partial charge in [-0.05, 0) is 37.5 Å². The summed E-state index contributed by atoms with van der Waals surface area (Å²) >= 11 is 0. The van der Waals surface area contributed by atoms with Gasteiger partial charge in [0.25, 0.3) is 5.91 Å². The summed E-state index contributed by atoms with van der Waals surface area (Å²) in [6.45, 7) is 2.95. The molecule has 0 aliphatic carbocycles. The number of aromatic amines is 1. The molecule has 9 nitrogen and oxygen atoms in total. The molecule has 2 aromatic carbocycles. The Morgan fingerprint density at radius 2 is 1.97 bits per heavy atom. The molecule has 1 fully saturated rings. The highest BCUT2D eigenvalue weighted by molar-refractivity contribution is 5.99. The number of aromatic nitrogens is 1. The van der Waals surface area contributed by atoms with Crippen LogP contribution in [0, 0.1) is 5.92 Å². The average molecular weight is 506 g/mol. The summed E-state index contributed by atoms with van der Waals surface area (Å²) < 4.78 is 16.4. The number of amides is 2. The largest absolute Gasteiger partial charge is 0.493 e. The van der Waals surface area contributed by atoms with Crippen LogP contribution in [0.3, 0.4) is 0 Å². The topological polar surface area (TPSA) is 119 Å². The maximum Gasteiger partial charge on any atom is 0.330 e. The first-order chi connectivity index (χ1) is 18.0. The molecule has 3 aromatic rings. The number of carbonyl (C=O) groups is 3.